The SMILES string of the molecule is CC(=O)CC/C=C/CCCC(C)(C)CC/C=C(\C)CCC=C(C)C. The van der Waals surface area contributed by atoms with Gasteiger partial charge in [0.1, 0.15) is 5.78 Å². The summed E-state index contributed by atoms with van der Waals surface area (Å²) in [6.45, 7) is 13.0. The van der Waals surface area contributed by atoms with Crippen molar-refractivity contribution in [2.24, 2.45) is 5.41 Å². The third-order valence-electron chi connectivity index (χ3n) is 4.46. The molecule has 0 rings (SSSR count). The van der Waals surface area contributed by atoms with Crippen molar-refractivity contribution in [2.45, 2.75) is 99.3 Å². The number of carbonyl (C=O) groups excluding carboxylic acids is 1. The summed E-state index contributed by atoms with van der Waals surface area (Å²) in [4.78, 5) is 10.9. The van der Waals surface area contributed by atoms with E-state index in [1.165, 1.54) is 49.7 Å². The molecule has 138 valence electrons. The standard InChI is InChI=1S/C23H40O/c1-20(2)14-12-15-21(3)16-13-19-23(5,6)18-11-9-7-8-10-17-22(4)24/h7-8,14,16H,9-13,15,17-19H2,1-6H3/b8-7+,21-16+. The fourth-order valence-corrected chi connectivity index (χ4v) is 2.75. The molecule has 0 radical (unpaired) electrons. The van der Waals surface area contributed by atoms with Crippen LogP contribution >= 0.6 is 0 Å². The Bertz CT molecular complexity index is 431. The molecule has 0 fully saturated rings. The zero-order chi connectivity index (χ0) is 18.4. The molecule has 0 heterocycles. The number of unbranched alkanes of at least 4 members (excludes halogenated alkanes) is 1. The van der Waals surface area contributed by atoms with Crippen molar-refractivity contribution < 1.29 is 4.79 Å². The Morgan fingerprint density at radius 3 is 2.08 bits per heavy atom. The smallest absolute Gasteiger partial charge is 0.130 e. The Kier molecular flexibility index (Phi) is 12.6. The van der Waals surface area contributed by atoms with Gasteiger partial charge in [-0.05, 0) is 84.5 Å². The summed E-state index contributed by atoms with van der Waals surface area (Å²) in [5.74, 6) is 0.282. The topological polar surface area (TPSA) is 17.1 Å². The number of Topliss-reactive ketones (excluding diaryl/α,β-unsaturated/α-hetero) is 1. The number of hydrogen-bond donors (Lipinski definition) is 0. The maximum atomic E-state index is 10.9. The number of carbonyl (C=O) groups is 1. The van der Waals surface area contributed by atoms with Crippen LogP contribution in [0.15, 0.2) is 35.5 Å². The molecule has 0 spiro atoms. The highest BCUT2D eigenvalue weighted by Crippen LogP contribution is 2.29. The van der Waals surface area contributed by atoms with Crippen molar-refractivity contribution in [2.75, 3.05) is 0 Å². The molecule has 0 atom stereocenters. The fraction of sp³-hybridized carbons (Fsp3) is 0.696. The van der Waals surface area contributed by atoms with Crippen molar-refractivity contribution in [1.82, 2.24) is 0 Å². The first-order valence-corrected chi connectivity index (χ1v) is 9.66. The number of allylic oxidation sites excluding steroid dienone is 6. The van der Waals surface area contributed by atoms with Crippen LogP contribution in [-0.2, 0) is 4.79 Å². The van der Waals surface area contributed by atoms with Gasteiger partial charge in [0.2, 0.25) is 0 Å². The van der Waals surface area contributed by atoms with Crippen LogP contribution in [0, 0.1) is 5.41 Å². The maximum Gasteiger partial charge on any atom is 0.130 e. The van der Waals surface area contributed by atoms with Crippen molar-refractivity contribution in [3.63, 3.8) is 0 Å². The average molecular weight is 333 g/mol. The highest BCUT2D eigenvalue weighted by molar-refractivity contribution is 5.75. The quantitative estimate of drug-likeness (QED) is 0.251. The van der Waals surface area contributed by atoms with Crippen LogP contribution < -0.4 is 0 Å². The molecule has 0 aromatic rings. The summed E-state index contributed by atoms with van der Waals surface area (Å²) in [7, 11) is 0. The molecule has 24 heavy (non-hydrogen) atoms. The number of rotatable bonds is 13. The summed E-state index contributed by atoms with van der Waals surface area (Å²) in [6.07, 6.45) is 19.2. The molecule has 0 amide bonds. The van der Waals surface area contributed by atoms with E-state index < -0.39 is 0 Å². The predicted octanol–water partition coefficient (Wildman–Crippen LogP) is 7.58. The number of hydrogen-bond acceptors (Lipinski definition) is 1. The molecule has 0 N–H and O–H groups in total. The summed E-state index contributed by atoms with van der Waals surface area (Å²) < 4.78 is 0. The largest absolute Gasteiger partial charge is 0.300 e. The Morgan fingerprint density at radius 2 is 1.46 bits per heavy atom. The van der Waals surface area contributed by atoms with Crippen LogP contribution in [0.1, 0.15) is 99.3 Å². The normalized spacial score (nSPS) is 12.7. The lowest BCUT2D eigenvalue weighted by Crippen LogP contribution is -2.10. The first kappa shape index (κ1) is 22.9. The van der Waals surface area contributed by atoms with E-state index >= 15 is 0 Å². The molecule has 0 saturated carbocycles. The highest BCUT2D eigenvalue weighted by Gasteiger charge is 2.15. The number of ketones is 1. The Morgan fingerprint density at radius 1 is 0.792 bits per heavy atom. The molecule has 0 aliphatic rings. The second-order valence-electron chi connectivity index (χ2n) is 8.18. The lowest BCUT2D eigenvalue weighted by Gasteiger charge is -2.23. The molecule has 0 aromatic carbocycles. The zero-order valence-corrected chi connectivity index (χ0v) is 17.1. The molecule has 0 saturated heterocycles. The van der Waals surface area contributed by atoms with E-state index in [2.05, 4.69) is 58.9 Å². The third-order valence-corrected chi connectivity index (χ3v) is 4.46. The van der Waals surface area contributed by atoms with Gasteiger partial charge in [0.15, 0.2) is 0 Å². The van der Waals surface area contributed by atoms with E-state index in [-0.39, 0.29) is 5.78 Å². The first-order valence-electron chi connectivity index (χ1n) is 9.66. The lowest BCUT2D eigenvalue weighted by molar-refractivity contribution is -0.116. The van der Waals surface area contributed by atoms with Crippen LogP contribution in [-0.4, -0.2) is 5.78 Å². The van der Waals surface area contributed by atoms with Gasteiger partial charge in [-0.15, -0.1) is 0 Å². The van der Waals surface area contributed by atoms with Gasteiger partial charge in [-0.3, -0.25) is 0 Å². The van der Waals surface area contributed by atoms with Gasteiger partial charge in [0.25, 0.3) is 0 Å². The minimum Gasteiger partial charge on any atom is -0.300 e. The van der Waals surface area contributed by atoms with Gasteiger partial charge >= 0.3 is 0 Å². The summed E-state index contributed by atoms with van der Waals surface area (Å²) in [5.41, 5.74) is 3.36. The lowest BCUT2D eigenvalue weighted by atomic mass is 9.82. The third kappa shape index (κ3) is 15.8. The summed E-state index contributed by atoms with van der Waals surface area (Å²) in [6, 6.07) is 0. The van der Waals surface area contributed by atoms with E-state index in [4.69, 9.17) is 0 Å². The second-order valence-corrected chi connectivity index (χ2v) is 8.18. The van der Waals surface area contributed by atoms with Crippen LogP contribution in [0.2, 0.25) is 0 Å². The van der Waals surface area contributed by atoms with Crippen LogP contribution in [0.3, 0.4) is 0 Å². The van der Waals surface area contributed by atoms with E-state index in [9.17, 15) is 4.79 Å². The maximum absolute atomic E-state index is 10.9. The Labute approximate surface area is 151 Å². The minimum atomic E-state index is 0.282. The Balaban J connectivity index is 3.88. The van der Waals surface area contributed by atoms with Gasteiger partial charge in [0, 0.05) is 6.42 Å². The second kappa shape index (κ2) is 13.2. The molecule has 0 unspecified atom stereocenters. The predicted molar refractivity (Wildman–Crippen MR) is 108 cm³/mol. The molecule has 0 aliphatic carbocycles. The van der Waals surface area contributed by atoms with Crippen molar-refractivity contribution in [1.29, 1.82) is 0 Å². The minimum absolute atomic E-state index is 0.282. The molecular formula is C23H40O. The Hall–Kier alpha value is -1.11. The van der Waals surface area contributed by atoms with Gasteiger partial charge < -0.3 is 4.79 Å². The van der Waals surface area contributed by atoms with Crippen LogP contribution in [0.25, 0.3) is 0 Å². The monoisotopic (exact) mass is 332 g/mol. The van der Waals surface area contributed by atoms with Crippen molar-refractivity contribution in [3.8, 4) is 0 Å². The van der Waals surface area contributed by atoms with Gasteiger partial charge in [-0.1, -0.05) is 49.3 Å². The van der Waals surface area contributed by atoms with Crippen molar-refractivity contribution >= 4 is 5.78 Å². The van der Waals surface area contributed by atoms with E-state index in [1.54, 1.807) is 6.92 Å². The van der Waals surface area contributed by atoms with E-state index in [1.807, 2.05) is 0 Å². The molecule has 1 heteroatoms. The van der Waals surface area contributed by atoms with Crippen LogP contribution in [0.5, 0.6) is 0 Å². The molecule has 1 nitrogen and oxygen atoms in total. The molecule has 0 bridgehead atoms. The van der Waals surface area contributed by atoms with E-state index in [0.29, 0.717) is 11.8 Å². The molecule has 0 aliphatic heterocycles. The average Bonchev–Trinajstić information content (AvgIpc) is 2.45. The highest BCUT2D eigenvalue weighted by atomic mass is 16.1. The fourth-order valence-electron chi connectivity index (χ4n) is 2.75. The van der Waals surface area contributed by atoms with E-state index in [0.717, 1.165) is 12.8 Å². The van der Waals surface area contributed by atoms with Crippen LogP contribution in [0.4, 0.5) is 0 Å². The van der Waals surface area contributed by atoms with Crippen molar-refractivity contribution in [3.05, 3.63) is 35.5 Å². The van der Waals surface area contributed by atoms with Gasteiger partial charge in [0.05, 0.1) is 0 Å². The summed E-state index contributed by atoms with van der Waals surface area (Å²) in [5, 5.41) is 0. The molecular weight excluding hydrogens is 292 g/mol. The molecule has 0 aromatic heterocycles. The zero-order valence-electron chi connectivity index (χ0n) is 17.1. The first-order chi connectivity index (χ1) is 11.2. The van der Waals surface area contributed by atoms with Gasteiger partial charge in [-0.2, -0.15) is 0 Å². The summed E-state index contributed by atoms with van der Waals surface area (Å²) >= 11 is 0. The van der Waals surface area contributed by atoms with Gasteiger partial charge in [-0.25, -0.2) is 0 Å².